The number of nitrogens with one attached hydrogen (secondary N) is 2. The van der Waals surface area contributed by atoms with Crippen molar-refractivity contribution in [3.63, 3.8) is 0 Å². The van der Waals surface area contributed by atoms with Gasteiger partial charge in [0.05, 0.1) is 20.3 Å². The minimum atomic E-state index is 0.619. The molecule has 1 heterocycles. The van der Waals surface area contributed by atoms with Crippen LogP contribution >= 0.6 is 0 Å². The fourth-order valence-electron chi connectivity index (χ4n) is 3.63. The molecule has 0 aliphatic rings. The second-order valence-electron chi connectivity index (χ2n) is 7.65. The van der Waals surface area contributed by atoms with Crippen LogP contribution in [0.3, 0.4) is 0 Å². The van der Waals surface area contributed by atoms with Crippen molar-refractivity contribution in [3.05, 3.63) is 77.9 Å². The first kappa shape index (κ1) is 24.2. The van der Waals surface area contributed by atoms with Crippen molar-refractivity contribution in [1.82, 2.24) is 20.2 Å². The second-order valence-corrected chi connectivity index (χ2v) is 7.65. The molecule has 0 aliphatic carbocycles. The molecule has 0 spiro atoms. The standard InChI is InChI=1S/C26H35N5O2/c1-4-33-24-19-22(12-13-23(24)32-3)11-8-15-29-26(27-2)30-20-25-28-16-18-31(25)17-14-21-9-6-5-7-10-21/h5-7,9-10,12-13,16,18-19H,4,8,11,14-15,17,20H2,1-3H3,(H2,27,29,30). The number of nitrogens with zero attached hydrogens (tertiary/aromatic N) is 3. The van der Waals surface area contributed by atoms with Crippen molar-refractivity contribution in [3.8, 4) is 11.5 Å². The van der Waals surface area contributed by atoms with Gasteiger partial charge in [-0.3, -0.25) is 4.99 Å². The van der Waals surface area contributed by atoms with Crippen molar-refractivity contribution in [2.75, 3.05) is 27.3 Å². The van der Waals surface area contributed by atoms with E-state index in [2.05, 4.69) is 61.6 Å². The number of aryl methyl sites for hydroxylation is 3. The maximum absolute atomic E-state index is 5.67. The van der Waals surface area contributed by atoms with Gasteiger partial charge >= 0.3 is 0 Å². The number of rotatable bonds is 12. The van der Waals surface area contributed by atoms with Gasteiger partial charge in [-0.15, -0.1) is 0 Å². The molecule has 0 unspecified atom stereocenters. The molecule has 7 heteroatoms. The van der Waals surface area contributed by atoms with Crippen molar-refractivity contribution < 1.29 is 9.47 Å². The van der Waals surface area contributed by atoms with E-state index in [1.54, 1.807) is 14.2 Å². The molecule has 2 aromatic carbocycles. The lowest BCUT2D eigenvalue weighted by Crippen LogP contribution is -2.38. The van der Waals surface area contributed by atoms with Gasteiger partial charge in [0.15, 0.2) is 17.5 Å². The number of benzene rings is 2. The molecule has 0 saturated carbocycles. The van der Waals surface area contributed by atoms with E-state index in [4.69, 9.17) is 9.47 Å². The van der Waals surface area contributed by atoms with Crippen molar-refractivity contribution in [2.24, 2.45) is 4.99 Å². The zero-order valence-electron chi connectivity index (χ0n) is 19.9. The van der Waals surface area contributed by atoms with E-state index in [-0.39, 0.29) is 0 Å². The van der Waals surface area contributed by atoms with E-state index < -0.39 is 0 Å². The van der Waals surface area contributed by atoms with Gasteiger partial charge in [0.2, 0.25) is 0 Å². The molecule has 176 valence electrons. The Balaban J connectivity index is 1.42. The molecule has 7 nitrogen and oxygen atoms in total. The quantitative estimate of drug-likeness (QED) is 0.250. The van der Waals surface area contributed by atoms with Gasteiger partial charge in [0.1, 0.15) is 5.82 Å². The Bertz CT molecular complexity index is 1000. The van der Waals surface area contributed by atoms with Crippen molar-refractivity contribution in [2.45, 2.75) is 39.3 Å². The van der Waals surface area contributed by atoms with E-state index in [1.165, 1.54) is 11.1 Å². The summed E-state index contributed by atoms with van der Waals surface area (Å²) in [6.07, 6.45) is 6.78. The van der Waals surface area contributed by atoms with Crippen LogP contribution in [0, 0.1) is 0 Å². The van der Waals surface area contributed by atoms with Crippen LogP contribution in [-0.2, 0) is 25.9 Å². The van der Waals surface area contributed by atoms with Crippen LogP contribution in [-0.4, -0.2) is 42.8 Å². The molecule has 0 atom stereocenters. The Labute approximate surface area is 196 Å². The molecule has 0 amide bonds. The highest BCUT2D eigenvalue weighted by Gasteiger charge is 2.07. The van der Waals surface area contributed by atoms with Crippen LogP contribution in [0.2, 0.25) is 0 Å². The molecule has 0 aliphatic heterocycles. The van der Waals surface area contributed by atoms with Crippen LogP contribution < -0.4 is 20.1 Å². The molecule has 0 radical (unpaired) electrons. The molecule has 3 aromatic rings. The minimum Gasteiger partial charge on any atom is -0.493 e. The maximum Gasteiger partial charge on any atom is 0.191 e. The van der Waals surface area contributed by atoms with Gasteiger partial charge < -0.3 is 24.7 Å². The average Bonchev–Trinajstić information content (AvgIpc) is 3.30. The van der Waals surface area contributed by atoms with Gasteiger partial charge in [0.25, 0.3) is 0 Å². The predicted octanol–water partition coefficient (Wildman–Crippen LogP) is 3.83. The molecule has 1 aromatic heterocycles. The largest absolute Gasteiger partial charge is 0.493 e. The highest BCUT2D eigenvalue weighted by atomic mass is 16.5. The van der Waals surface area contributed by atoms with E-state index in [0.29, 0.717) is 13.2 Å². The summed E-state index contributed by atoms with van der Waals surface area (Å²) in [5.41, 5.74) is 2.55. The Morgan fingerprint density at radius 2 is 1.88 bits per heavy atom. The number of imidazole rings is 1. The SMILES string of the molecule is CCOc1cc(CCCNC(=NC)NCc2nccn2CCc2ccccc2)ccc1OC. The summed E-state index contributed by atoms with van der Waals surface area (Å²) in [7, 11) is 3.45. The molecule has 0 saturated heterocycles. The average molecular weight is 450 g/mol. The number of methoxy groups -OCH3 is 1. The van der Waals surface area contributed by atoms with Crippen LogP contribution in [0.15, 0.2) is 65.9 Å². The monoisotopic (exact) mass is 449 g/mol. The first-order valence-corrected chi connectivity index (χ1v) is 11.5. The van der Waals surface area contributed by atoms with Crippen LogP contribution in [0.4, 0.5) is 0 Å². The van der Waals surface area contributed by atoms with Crippen LogP contribution in [0.25, 0.3) is 0 Å². The molecular formula is C26H35N5O2. The Kier molecular flexibility index (Phi) is 9.63. The van der Waals surface area contributed by atoms with Crippen LogP contribution in [0.1, 0.15) is 30.3 Å². The van der Waals surface area contributed by atoms with E-state index in [1.807, 2.05) is 31.5 Å². The lowest BCUT2D eigenvalue weighted by atomic mass is 10.1. The lowest BCUT2D eigenvalue weighted by molar-refractivity contribution is 0.310. The number of hydrogen-bond acceptors (Lipinski definition) is 4. The third-order valence-corrected chi connectivity index (χ3v) is 5.39. The van der Waals surface area contributed by atoms with E-state index in [9.17, 15) is 0 Å². The minimum absolute atomic E-state index is 0.619. The molecule has 2 N–H and O–H groups in total. The molecule has 0 bridgehead atoms. The molecule has 3 rings (SSSR count). The fourth-order valence-corrected chi connectivity index (χ4v) is 3.63. The summed E-state index contributed by atoms with van der Waals surface area (Å²) in [6, 6.07) is 16.6. The van der Waals surface area contributed by atoms with E-state index in [0.717, 1.165) is 55.6 Å². The van der Waals surface area contributed by atoms with Gasteiger partial charge in [-0.25, -0.2) is 4.98 Å². The second kappa shape index (κ2) is 13.2. The summed E-state index contributed by atoms with van der Waals surface area (Å²) in [5.74, 6) is 3.34. The van der Waals surface area contributed by atoms with Crippen molar-refractivity contribution >= 4 is 5.96 Å². The summed E-state index contributed by atoms with van der Waals surface area (Å²) < 4.78 is 13.2. The topological polar surface area (TPSA) is 72.7 Å². The number of aliphatic imine (C=N–C) groups is 1. The van der Waals surface area contributed by atoms with Gasteiger partial charge in [0, 0.05) is 32.5 Å². The van der Waals surface area contributed by atoms with Crippen LogP contribution in [0.5, 0.6) is 11.5 Å². The smallest absolute Gasteiger partial charge is 0.191 e. The first-order chi connectivity index (χ1) is 16.2. The van der Waals surface area contributed by atoms with E-state index >= 15 is 0 Å². The third-order valence-electron chi connectivity index (χ3n) is 5.39. The van der Waals surface area contributed by atoms with Gasteiger partial charge in [-0.05, 0) is 49.4 Å². The predicted molar refractivity (Wildman–Crippen MR) is 133 cm³/mol. The Morgan fingerprint density at radius 3 is 2.64 bits per heavy atom. The third kappa shape index (κ3) is 7.56. The molecule has 0 fully saturated rings. The normalized spacial score (nSPS) is 11.3. The number of hydrogen-bond donors (Lipinski definition) is 2. The molecular weight excluding hydrogens is 414 g/mol. The van der Waals surface area contributed by atoms with Gasteiger partial charge in [-0.1, -0.05) is 36.4 Å². The zero-order chi connectivity index (χ0) is 23.3. The summed E-state index contributed by atoms with van der Waals surface area (Å²) in [6.45, 7) is 4.94. The summed E-state index contributed by atoms with van der Waals surface area (Å²) >= 11 is 0. The number of guanidine groups is 1. The maximum atomic E-state index is 5.67. The fraction of sp³-hybridized carbons (Fsp3) is 0.385. The zero-order valence-corrected chi connectivity index (χ0v) is 19.9. The molecule has 33 heavy (non-hydrogen) atoms. The Morgan fingerprint density at radius 1 is 1.03 bits per heavy atom. The number of aromatic nitrogens is 2. The van der Waals surface area contributed by atoms with Crippen molar-refractivity contribution in [1.29, 1.82) is 0 Å². The van der Waals surface area contributed by atoms with Gasteiger partial charge in [-0.2, -0.15) is 0 Å². The number of ether oxygens (including phenoxy) is 2. The first-order valence-electron chi connectivity index (χ1n) is 11.5. The Hall–Kier alpha value is -3.48. The summed E-state index contributed by atoms with van der Waals surface area (Å²) in [4.78, 5) is 8.84. The highest BCUT2D eigenvalue weighted by Crippen LogP contribution is 2.28. The lowest BCUT2D eigenvalue weighted by Gasteiger charge is -2.14. The summed E-state index contributed by atoms with van der Waals surface area (Å²) in [5, 5.41) is 6.76. The highest BCUT2D eigenvalue weighted by molar-refractivity contribution is 5.79.